The Bertz CT molecular complexity index is 1070. The predicted octanol–water partition coefficient (Wildman–Crippen LogP) is 2.92. The van der Waals surface area contributed by atoms with E-state index in [1.807, 2.05) is 6.07 Å². The van der Waals surface area contributed by atoms with Gasteiger partial charge in [-0.05, 0) is 23.8 Å². The van der Waals surface area contributed by atoms with Gasteiger partial charge in [0.15, 0.2) is 17.6 Å². The minimum Gasteiger partial charge on any atom is -0.493 e. The van der Waals surface area contributed by atoms with E-state index in [2.05, 4.69) is 20.5 Å². The summed E-state index contributed by atoms with van der Waals surface area (Å²) in [5, 5.41) is 21.6. The molecule has 11 nitrogen and oxygen atoms in total. The van der Waals surface area contributed by atoms with E-state index in [4.69, 9.17) is 18.9 Å². The maximum Gasteiger partial charge on any atom is 0.314 e. The Kier molecular flexibility index (Phi) is 5.65. The van der Waals surface area contributed by atoms with Gasteiger partial charge in [-0.3, -0.25) is 10.1 Å². The van der Waals surface area contributed by atoms with E-state index in [1.165, 1.54) is 19.4 Å². The molecular weight excluding hydrogens is 406 g/mol. The molecule has 1 N–H and O–H groups in total. The fraction of sp³-hybridized carbons (Fsp3) is 0.250. The Morgan fingerprint density at radius 1 is 1.26 bits per heavy atom. The number of fused-ring (bicyclic) bond motifs is 1. The highest BCUT2D eigenvalue weighted by atomic mass is 16.6. The Balaban J connectivity index is 1.53. The zero-order valence-electron chi connectivity index (χ0n) is 16.8. The number of methoxy groups -OCH3 is 2. The van der Waals surface area contributed by atoms with Crippen LogP contribution < -0.4 is 24.3 Å². The zero-order valence-corrected chi connectivity index (χ0v) is 16.8. The summed E-state index contributed by atoms with van der Waals surface area (Å²) < 4.78 is 22.6. The molecule has 3 aromatic rings. The van der Waals surface area contributed by atoms with E-state index in [0.717, 1.165) is 11.1 Å². The standard InChI is InChI=1S/C20H19N5O6/c1-28-15-7-12(9-22-20-14(25(26)27)5-6-23-24-20)8-16-19(15)31-17(11-30-16)13-3-4-18(29-2)21-10-13/h3-8,10,17H,9,11H2,1-2H3,(H,22,24). The summed E-state index contributed by atoms with van der Waals surface area (Å²) in [7, 11) is 3.08. The van der Waals surface area contributed by atoms with E-state index < -0.39 is 4.92 Å². The van der Waals surface area contributed by atoms with E-state index in [9.17, 15) is 10.1 Å². The lowest BCUT2D eigenvalue weighted by atomic mass is 10.1. The molecule has 1 aromatic carbocycles. The van der Waals surface area contributed by atoms with Gasteiger partial charge in [0, 0.05) is 30.4 Å². The molecule has 0 saturated carbocycles. The largest absolute Gasteiger partial charge is 0.493 e. The van der Waals surface area contributed by atoms with E-state index >= 15 is 0 Å². The van der Waals surface area contributed by atoms with Crippen LogP contribution in [0.3, 0.4) is 0 Å². The third-order valence-electron chi connectivity index (χ3n) is 4.65. The van der Waals surface area contributed by atoms with Gasteiger partial charge in [-0.25, -0.2) is 4.98 Å². The number of ether oxygens (including phenoxy) is 4. The highest BCUT2D eigenvalue weighted by molar-refractivity contribution is 5.57. The number of nitrogens with zero attached hydrogens (tertiary/aromatic N) is 4. The summed E-state index contributed by atoms with van der Waals surface area (Å²) in [6.07, 6.45) is 2.59. The smallest absolute Gasteiger partial charge is 0.314 e. The summed E-state index contributed by atoms with van der Waals surface area (Å²) in [5.41, 5.74) is 1.45. The third-order valence-corrected chi connectivity index (χ3v) is 4.65. The summed E-state index contributed by atoms with van der Waals surface area (Å²) in [6.45, 7) is 0.537. The topological polar surface area (TPSA) is 131 Å². The number of hydrogen-bond acceptors (Lipinski definition) is 10. The predicted molar refractivity (Wildman–Crippen MR) is 109 cm³/mol. The van der Waals surface area contributed by atoms with Crippen molar-refractivity contribution < 1.29 is 23.9 Å². The Morgan fingerprint density at radius 2 is 2.13 bits per heavy atom. The first-order chi connectivity index (χ1) is 15.1. The van der Waals surface area contributed by atoms with E-state index in [0.29, 0.717) is 23.1 Å². The highest BCUT2D eigenvalue weighted by Crippen LogP contribution is 2.44. The first-order valence-electron chi connectivity index (χ1n) is 9.29. The fourth-order valence-corrected chi connectivity index (χ4v) is 3.10. The van der Waals surface area contributed by atoms with Crippen LogP contribution in [0.2, 0.25) is 0 Å². The molecule has 0 bridgehead atoms. The number of anilines is 1. The number of nitro groups is 1. The Labute approximate surface area is 177 Å². The zero-order chi connectivity index (χ0) is 21.8. The van der Waals surface area contributed by atoms with Crippen molar-refractivity contribution in [1.82, 2.24) is 15.2 Å². The lowest BCUT2D eigenvalue weighted by Crippen LogP contribution is -2.22. The minimum absolute atomic E-state index is 0.0772. The molecule has 0 amide bonds. The van der Waals surface area contributed by atoms with Crippen LogP contribution in [0.4, 0.5) is 11.5 Å². The second-order valence-corrected chi connectivity index (χ2v) is 6.55. The van der Waals surface area contributed by atoms with Gasteiger partial charge in [0.25, 0.3) is 0 Å². The normalized spacial score (nSPS) is 14.6. The van der Waals surface area contributed by atoms with Gasteiger partial charge in [-0.2, -0.15) is 5.10 Å². The van der Waals surface area contributed by atoms with Crippen LogP contribution in [0, 0.1) is 10.1 Å². The quantitative estimate of drug-likeness (QED) is 0.445. The van der Waals surface area contributed by atoms with Crippen LogP contribution in [0.5, 0.6) is 23.1 Å². The minimum atomic E-state index is -0.518. The average Bonchev–Trinajstić information content (AvgIpc) is 2.82. The van der Waals surface area contributed by atoms with Crippen molar-refractivity contribution in [3.05, 3.63) is 64.0 Å². The van der Waals surface area contributed by atoms with Crippen LogP contribution >= 0.6 is 0 Å². The van der Waals surface area contributed by atoms with Crippen molar-refractivity contribution in [3.8, 4) is 23.1 Å². The molecular formula is C20H19N5O6. The molecule has 0 aliphatic carbocycles. The first-order valence-corrected chi connectivity index (χ1v) is 9.29. The van der Waals surface area contributed by atoms with Gasteiger partial charge in [0.2, 0.25) is 17.4 Å². The molecule has 31 heavy (non-hydrogen) atoms. The van der Waals surface area contributed by atoms with Crippen molar-refractivity contribution in [2.45, 2.75) is 12.6 Å². The highest BCUT2D eigenvalue weighted by Gasteiger charge is 2.27. The average molecular weight is 425 g/mol. The van der Waals surface area contributed by atoms with Gasteiger partial charge < -0.3 is 24.3 Å². The van der Waals surface area contributed by atoms with Crippen LogP contribution in [-0.4, -0.2) is 40.9 Å². The lowest BCUT2D eigenvalue weighted by molar-refractivity contribution is -0.384. The molecule has 4 rings (SSSR count). The van der Waals surface area contributed by atoms with Crippen LogP contribution in [0.25, 0.3) is 0 Å². The second kappa shape index (κ2) is 8.69. The van der Waals surface area contributed by atoms with Gasteiger partial charge in [0.1, 0.15) is 6.61 Å². The SMILES string of the molecule is COc1ccc(C2COc3cc(CNc4nnccc4[N+](=O)[O-])cc(OC)c3O2)cn1. The van der Waals surface area contributed by atoms with Crippen molar-refractivity contribution in [2.24, 2.45) is 0 Å². The molecule has 11 heteroatoms. The molecule has 2 aromatic heterocycles. The lowest BCUT2D eigenvalue weighted by Gasteiger charge is -2.28. The fourth-order valence-electron chi connectivity index (χ4n) is 3.10. The van der Waals surface area contributed by atoms with E-state index in [-0.39, 0.29) is 30.8 Å². The van der Waals surface area contributed by atoms with Gasteiger partial charge in [-0.1, -0.05) is 0 Å². The molecule has 0 spiro atoms. The number of aromatic nitrogens is 3. The summed E-state index contributed by atoms with van der Waals surface area (Å²) >= 11 is 0. The van der Waals surface area contributed by atoms with Crippen molar-refractivity contribution in [1.29, 1.82) is 0 Å². The van der Waals surface area contributed by atoms with Crippen LogP contribution in [0.15, 0.2) is 42.7 Å². The van der Waals surface area contributed by atoms with Gasteiger partial charge in [0.05, 0.1) is 25.3 Å². The van der Waals surface area contributed by atoms with Crippen molar-refractivity contribution in [3.63, 3.8) is 0 Å². The molecule has 0 saturated heterocycles. The Hall–Kier alpha value is -4.15. The molecule has 1 aliphatic rings. The first kappa shape index (κ1) is 20.1. The van der Waals surface area contributed by atoms with E-state index in [1.54, 1.807) is 31.5 Å². The summed E-state index contributed by atoms with van der Waals surface area (Å²) in [4.78, 5) is 14.8. The monoisotopic (exact) mass is 425 g/mol. The maximum absolute atomic E-state index is 11.1. The summed E-state index contributed by atoms with van der Waals surface area (Å²) in [5.74, 6) is 2.06. The van der Waals surface area contributed by atoms with Gasteiger partial charge >= 0.3 is 5.69 Å². The molecule has 0 radical (unpaired) electrons. The maximum atomic E-state index is 11.1. The van der Waals surface area contributed by atoms with Gasteiger partial charge in [-0.15, -0.1) is 5.10 Å². The second-order valence-electron chi connectivity index (χ2n) is 6.55. The van der Waals surface area contributed by atoms with Crippen molar-refractivity contribution >= 4 is 11.5 Å². The number of hydrogen-bond donors (Lipinski definition) is 1. The summed E-state index contributed by atoms with van der Waals surface area (Å²) in [6, 6.07) is 8.46. The third kappa shape index (κ3) is 4.25. The molecule has 160 valence electrons. The van der Waals surface area contributed by atoms with Crippen LogP contribution in [0.1, 0.15) is 17.2 Å². The molecule has 1 aliphatic heterocycles. The number of nitrogens with one attached hydrogen (secondary N) is 1. The number of pyridine rings is 1. The van der Waals surface area contributed by atoms with Crippen molar-refractivity contribution in [2.75, 3.05) is 26.1 Å². The molecule has 0 fully saturated rings. The van der Waals surface area contributed by atoms with Crippen LogP contribution in [-0.2, 0) is 6.54 Å². The number of rotatable bonds is 7. The Morgan fingerprint density at radius 3 is 2.84 bits per heavy atom. The molecule has 1 unspecified atom stereocenters. The number of benzene rings is 1. The molecule has 3 heterocycles. The molecule has 1 atom stereocenters.